The van der Waals surface area contributed by atoms with E-state index < -0.39 is 11.2 Å². The van der Waals surface area contributed by atoms with Gasteiger partial charge in [0.1, 0.15) is 17.5 Å². The molecule has 152 valence electrons. The lowest BCUT2D eigenvalue weighted by atomic mass is 9.86. The van der Waals surface area contributed by atoms with Crippen LogP contribution in [0.25, 0.3) is 10.9 Å². The molecular weight excluding hydrogens is 362 g/mol. The molecule has 8 nitrogen and oxygen atoms in total. The van der Waals surface area contributed by atoms with Crippen molar-refractivity contribution in [3.63, 3.8) is 0 Å². The van der Waals surface area contributed by atoms with E-state index in [1.165, 1.54) is 6.33 Å². The van der Waals surface area contributed by atoms with Crippen LogP contribution in [0.2, 0.25) is 0 Å². The van der Waals surface area contributed by atoms with Crippen LogP contribution in [0.1, 0.15) is 39.3 Å². The Hall–Kier alpha value is -2.61. The number of aliphatic hydroxyl groups is 1. The summed E-state index contributed by atoms with van der Waals surface area (Å²) in [5, 5.41) is 12.0. The number of benzene rings is 1. The van der Waals surface area contributed by atoms with Gasteiger partial charge in [-0.3, -0.25) is 0 Å². The predicted octanol–water partition coefficient (Wildman–Crippen LogP) is 2.87. The third-order valence-corrected chi connectivity index (χ3v) is 4.82. The van der Waals surface area contributed by atoms with Crippen molar-refractivity contribution in [1.82, 2.24) is 14.9 Å². The standard InChI is InChI=1S/C20H27N3O5/c1-19(2,3)28-18(24)23-8-6-20(25,7-9-23)17-13-10-15(26-4)16(27-5)11-14(13)21-12-22-17/h10-12,25H,6-9H2,1-5H3. The molecule has 1 fully saturated rings. The van der Waals surface area contributed by atoms with E-state index in [2.05, 4.69) is 9.97 Å². The van der Waals surface area contributed by atoms with Crippen LogP contribution in [0, 0.1) is 0 Å². The summed E-state index contributed by atoms with van der Waals surface area (Å²) in [5.74, 6) is 1.10. The summed E-state index contributed by atoms with van der Waals surface area (Å²) in [4.78, 5) is 22.6. The summed E-state index contributed by atoms with van der Waals surface area (Å²) in [6.45, 7) is 6.26. The maximum absolute atomic E-state index is 12.3. The molecule has 28 heavy (non-hydrogen) atoms. The summed E-state index contributed by atoms with van der Waals surface area (Å²) < 4.78 is 16.1. The van der Waals surface area contributed by atoms with Crippen LogP contribution in [0.3, 0.4) is 0 Å². The van der Waals surface area contributed by atoms with Gasteiger partial charge in [-0.25, -0.2) is 14.8 Å². The van der Waals surface area contributed by atoms with Gasteiger partial charge >= 0.3 is 6.09 Å². The molecule has 0 aliphatic carbocycles. The molecule has 1 aliphatic rings. The Bertz CT molecular complexity index is 870. The molecule has 1 N–H and O–H groups in total. The van der Waals surface area contributed by atoms with Crippen molar-refractivity contribution >= 4 is 17.0 Å². The topological polar surface area (TPSA) is 94.0 Å². The first-order valence-electron chi connectivity index (χ1n) is 9.24. The Balaban J connectivity index is 1.88. The summed E-state index contributed by atoms with van der Waals surface area (Å²) in [6.07, 6.45) is 1.77. The second-order valence-corrected chi connectivity index (χ2v) is 7.95. The lowest BCUT2D eigenvalue weighted by Crippen LogP contribution is -2.47. The van der Waals surface area contributed by atoms with Crippen molar-refractivity contribution in [2.75, 3.05) is 27.3 Å². The lowest BCUT2D eigenvalue weighted by Gasteiger charge is -2.38. The van der Waals surface area contributed by atoms with Crippen molar-refractivity contribution in [1.29, 1.82) is 0 Å². The predicted molar refractivity (Wildman–Crippen MR) is 104 cm³/mol. The van der Waals surface area contributed by atoms with Crippen molar-refractivity contribution < 1.29 is 24.1 Å². The maximum atomic E-state index is 12.3. The minimum absolute atomic E-state index is 0.354. The minimum Gasteiger partial charge on any atom is -0.493 e. The van der Waals surface area contributed by atoms with Crippen LogP contribution in [0.15, 0.2) is 18.5 Å². The minimum atomic E-state index is -1.17. The summed E-state index contributed by atoms with van der Waals surface area (Å²) in [6, 6.07) is 3.54. The summed E-state index contributed by atoms with van der Waals surface area (Å²) in [5.41, 5.74) is -0.532. The number of piperidine rings is 1. The van der Waals surface area contributed by atoms with Gasteiger partial charge in [-0.05, 0) is 39.7 Å². The molecule has 3 rings (SSSR count). The Morgan fingerprint density at radius 3 is 2.29 bits per heavy atom. The molecule has 0 saturated carbocycles. The highest BCUT2D eigenvalue weighted by molar-refractivity contribution is 5.85. The zero-order chi connectivity index (χ0) is 20.5. The quantitative estimate of drug-likeness (QED) is 0.862. The molecule has 8 heteroatoms. The van der Waals surface area contributed by atoms with E-state index >= 15 is 0 Å². The summed E-state index contributed by atoms with van der Waals surface area (Å²) >= 11 is 0. The van der Waals surface area contributed by atoms with Crippen LogP contribution in [-0.4, -0.2) is 59.0 Å². The molecule has 2 aromatic rings. The second-order valence-electron chi connectivity index (χ2n) is 7.95. The molecule has 0 radical (unpaired) electrons. The number of likely N-dealkylation sites (tertiary alicyclic amines) is 1. The summed E-state index contributed by atoms with van der Waals surface area (Å²) in [7, 11) is 3.12. The highest BCUT2D eigenvalue weighted by atomic mass is 16.6. The van der Waals surface area contributed by atoms with E-state index in [9.17, 15) is 9.90 Å². The van der Waals surface area contributed by atoms with E-state index in [1.54, 1.807) is 31.3 Å². The molecule has 2 heterocycles. The normalized spacial score (nSPS) is 16.7. The van der Waals surface area contributed by atoms with Gasteiger partial charge in [0, 0.05) is 24.5 Å². The number of carbonyl (C=O) groups excluding carboxylic acids is 1. The molecule has 1 aromatic carbocycles. The fourth-order valence-electron chi connectivity index (χ4n) is 3.38. The SMILES string of the molecule is COc1cc2ncnc(C3(O)CCN(C(=O)OC(C)(C)C)CC3)c2cc1OC. The van der Waals surface area contributed by atoms with Crippen molar-refractivity contribution in [2.45, 2.75) is 44.8 Å². The van der Waals surface area contributed by atoms with Crippen LogP contribution < -0.4 is 9.47 Å². The zero-order valence-corrected chi connectivity index (χ0v) is 17.0. The number of nitrogens with zero attached hydrogens (tertiary/aromatic N) is 3. The molecule has 1 saturated heterocycles. The molecule has 1 amide bonds. The van der Waals surface area contributed by atoms with Crippen molar-refractivity contribution in [3.8, 4) is 11.5 Å². The largest absolute Gasteiger partial charge is 0.493 e. The van der Waals surface area contributed by atoms with E-state index in [-0.39, 0.29) is 6.09 Å². The second kappa shape index (κ2) is 7.43. The molecule has 0 unspecified atom stereocenters. The van der Waals surface area contributed by atoms with Crippen LogP contribution in [0.5, 0.6) is 11.5 Å². The highest BCUT2D eigenvalue weighted by Gasteiger charge is 2.39. The van der Waals surface area contributed by atoms with Crippen LogP contribution >= 0.6 is 0 Å². The zero-order valence-electron chi connectivity index (χ0n) is 17.0. The first kappa shape index (κ1) is 20.1. The Morgan fingerprint density at radius 2 is 1.71 bits per heavy atom. The van der Waals surface area contributed by atoms with Gasteiger partial charge in [0.25, 0.3) is 0 Å². The average Bonchev–Trinajstić information content (AvgIpc) is 2.65. The van der Waals surface area contributed by atoms with E-state index in [4.69, 9.17) is 14.2 Å². The molecule has 1 aliphatic heterocycles. The number of aromatic nitrogens is 2. The number of amides is 1. The Labute approximate surface area is 164 Å². The third kappa shape index (κ3) is 3.96. The van der Waals surface area contributed by atoms with E-state index in [0.29, 0.717) is 54.0 Å². The number of hydrogen-bond acceptors (Lipinski definition) is 7. The molecule has 0 atom stereocenters. The number of ether oxygens (including phenoxy) is 3. The van der Waals surface area contributed by atoms with Crippen LogP contribution in [-0.2, 0) is 10.3 Å². The van der Waals surface area contributed by atoms with Crippen LogP contribution in [0.4, 0.5) is 4.79 Å². The van der Waals surface area contributed by atoms with Crippen molar-refractivity contribution in [2.24, 2.45) is 0 Å². The smallest absolute Gasteiger partial charge is 0.410 e. The lowest BCUT2D eigenvalue weighted by molar-refractivity contribution is -0.0372. The molecule has 1 aromatic heterocycles. The molecule has 0 bridgehead atoms. The number of hydrogen-bond donors (Lipinski definition) is 1. The molecular formula is C20H27N3O5. The molecule has 0 spiro atoms. The fourth-order valence-corrected chi connectivity index (χ4v) is 3.38. The highest BCUT2D eigenvalue weighted by Crippen LogP contribution is 2.39. The maximum Gasteiger partial charge on any atom is 0.410 e. The number of rotatable bonds is 3. The third-order valence-electron chi connectivity index (χ3n) is 4.82. The van der Waals surface area contributed by atoms with Gasteiger partial charge in [0.05, 0.1) is 25.4 Å². The van der Waals surface area contributed by atoms with Gasteiger partial charge in [-0.1, -0.05) is 0 Å². The monoisotopic (exact) mass is 389 g/mol. The first-order chi connectivity index (χ1) is 13.2. The average molecular weight is 389 g/mol. The Kier molecular flexibility index (Phi) is 5.34. The number of carbonyl (C=O) groups is 1. The Morgan fingerprint density at radius 1 is 1.11 bits per heavy atom. The van der Waals surface area contributed by atoms with Gasteiger partial charge in [0.15, 0.2) is 11.5 Å². The van der Waals surface area contributed by atoms with Crippen molar-refractivity contribution in [3.05, 3.63) is 24.2 Å². The van der Waals surface area contributed by atoms with E-state index in [0.717, 1.165) is 0 Å². The van der Waals surface area contributed by atoms with E-state index in [1.807, 2.05) is 20.8 Å². The van der Waals surface area contributed by atoms with Gasteiger partial charge in [-0.2, -0.15) is 0 Å². The fraction of sp³-hybridized carbons (Fsp3) is 0.550. The van der Waals surface area contributed by atoms with Gasteiger partial charge in [-0.15, -0.1) is 0 Å². The number of fused-ring (bicyclic) bond motifs is 1. The first-order valence-corrected chi connectivity index (χ1v) is 9.24. The van der Waals surface area contributed by atoms with Gasteiger partial charge < -0.3 is 24.2 Å². The number of methoxy groups -OCH3 is 2. The van der Waals surface area contributed by atoms with Gasteiger partial charge in [0.2, 0.25) is 0 Å².